The predicted octanol–water partition coefficient (Wildman–Crippen LogP) is 15.9. The van der Waals surface area contributed by atoms with Crippen LogP contribution >= 0.6 is 21.6 Å². The lowest BCUT2D eigenvalue weighted by Gasteiger charge is -2.16. The molecule has 1 aromatic rings. The molecule has 0 radical (unpaired) electrons. The molecule has 7 nitrogen and oxygen atoms in total. The van der Waals surface area contributed by atoms with Crippen LogP contribution < -0.4 is 4.74 Å². The first kappa shape index (κ1) is 59.0. The number of nitrogens with zero attached hydrogens (tertiary/aromatic N) is 1. The van der Waals surface area contributed by atoms with Gasteiger partial charge in [-0.1, -0.05) is 247 Å². The minimum Gasteiger partial charge on any atom is -0.465 e. The fourth-order valence-corrected chi connectivity index (χ4v) is 9.61. The summed E-state index contributed by atoms with van der Waals surface area (Å²) in [7, 11) is 3.19. The van der Waals surface area contributed by atoms with E-state index in [0.717, 1.165) is 50.9 Å². The van der Waals surface area contributed by atoms with Gasteiger partial charge in [-0.15, -0.1) is 0 Å². The number of rotatable bonds is 46. The molecule has 9 heteroatoms. The van der Waals surface area contributed by atoms with Crippen molar-refractivity contribution >= 4 is 39.5 Å². The molecule has 63 heavy (non-hydrogen) atoms. The van der Waals surface area contributed by atoms with Crippen LogP contribution in [0.25, 0.3) is 0 Å². The van der Waals surface area contributed by atoms with Gasteiger partial charge in [0.05, 0.1) is 12.3 Å². The zero-order valence-corrected chi connectivity index (χ0v) is 42.8. The molecule has 0 heterocycles. The van der Waals surface area contributed by atoms with Crippen LogP contribution in [0.4, 0.5) is 0 Å². The lowest BCUT2D eigenvalue weighted by atomic mass is 9.94. The summed E-state index contributed by atoms with van der Waals surface area (Å²) in [4.78, 5) is 40.1. The minimum atomic E-state index is -0.317. The van der Waals surface area contributed by atoms with Gasteiger partial charge < -0.3 is 19.1 Å². The Hall–Kier alpha value is -1.97. The number of carbonyl (C=O) groups excluding carboxylic acids is 3. The second-order valence-corrected chi connectivity index (χ2v) is 20.3. The molecule has 0 fully saturated rings. The standard InChI is InChI=1S/C54H95NO6S2/c1-5-9-11-13-15-17-19-21-23-25-27-29-31-33-36-50(37-34-32-30-28-26-24-22-20-18-16-14-12-10-6-2)54(58)61-51-41-39-49(40-42-51)48-53(57)60-45-47-63-62-46-44-59-52(56)38-35-43-55(7-3)8-4/h35,38-42,50H,5-34,36-37,43-48H2,1-4H3/b38-35+. The highest BCUT2D eigenvalue weighted by molar-refractivity contribution is 8.76. The highest BCUT2D eigenvalue weighted by Gasteiger charge is 2.20. The summed E-state index contributed by atoms with van der Waals surface area (Å²) in [6.45, 7) is 12.1. The molecule has 0 spiro atoms. The minimum absolute atomic E-state index is 0.0647. The van der Waals surface area contributed by atoms with Crippen LogP contribution in [-0.2, 0) is 30.3 Å². The average molecular weight is 918 g/mol. The second kappa shape index (κ2) is 45.2. The van der Waals surface area contributed by atoms with Crippen molar-refractivity contribution in [2.75, 3.05) is 44.4 Å². The number of likely N-dealkylation sites (N-methyl/N-ethyl adjacent to an activating group) is 1. The van der Waals surface area contributed by atoms with Gasteiger partial charge in [0.25, 0.3) is 0 Å². The molecular formula is C54H95NO6S2. The Balaban J connectivity index is 2.38. The van der Waals surface area contributed by atoms with E-state index in [0.29, 0.717) is 30.5 Å². The van der Waals surface area contributed by atoms with Crippen LogP contribution in [0.5, 0.6) is 5.75 Å². The van der Waals surface area contributed by atoms with Gasteiger partial charge >= 0.3 is 17.9 Å². The van der Waals surface area contributed by atoms with Gasteiger partial charge in [0.15, 0.2) is 0 Å². The Labute approximate surface area is 395 Å². The van der Waals surface area contributed by atoms with E-state index in [-0.39, 0.29) is 30.2 Å². The number of esters is 3. The monoisotopic (exact) mass is 918 g/mol. The SMILES string of the molecule is CCCCCCCCCCCCCCCCC(CCCCCCCCCCCCCCCC)C(=O)Oc1ccc(CC(=O)OCCSSCCOC(=O)/C=C/CN(CC)CC)cc1. The number of hydrogen-bond donors (Lipinski definition) is 0. The largest absolute Gasteiger partial charge is 0.465 e. The second-order valence-electron chi connectivity index (χ2n) is 17.6. The summed E-state index contributed by atoms with van der Waals surface area (Å²) in [6.07, 6.45) is 42.6. The van der Waals surface area contributed by atoms with Crippen molar-refractivity contribution in [2.45, 2.75) is 227 Å². The Morgan fingerprint density at radius 2 is 0.937 bits per heavy atom. The third kappa shape index (κ3) is 37.9. The van der Waals surface area contributed by atoms with Crippen molar-refractivity contribution < 1.29 is 28.6 Å². The van der Waals surface area contributed by atoms with E-state index < -0.39 is 0 Å². The molecule has 0 aliphatic heterocycles. The maximum Gasteiger partial charge on any atom is 0.330 e. The first-order valence-electron chi connectivity index (χ1n) is 26.2. The van der Waals surface area contributed by atoms with Crippen LogP contribution in [0.3, 0.4) is 0 Å². The van der Waals surface area contributed by atoms with Gasteiger partial charge in [0.1, 0.15) is 19.0 Å². The van der Waals surface area contributed by atoms with Gasteiger partial charge in [-0.3, -0.25) is 9.59 Å². The molecule has 0 amide bonds. The number of ether oxygens (including phenoxy) is 3. The molecule has 0 bridgehead atoms. The van der Waals surface area contributed by atoms with Crippen molar-refractivity contribution in [3.8, 4) is 5.75 Å². The lowest BCUT2D eigenvalue weighted by molar-refractivity contribution is -0.142. The predicted molar refractivity (Wildman–Crippen MR) is 273 cm³/mol. The molecule has 0 aromatic heterocycles. The van der Waals surface area contributed by atoms with Crippen LogP contribution in [0.1, 0.15) is 226 Å². The van der Waals surface area contributed by atoms with Crippen LogP contribution in [-0.4, -0.2) is 67.2 Å². The fourth-order valence-electron chi connectivity index (χ4n) is 7.95. The summed E-state index contributed by atoms with van der Waals surface area (Å²) >= 11 is 0. The highest BCUT2D eigenvalue weighted by atomic mass is 33.1. The number of carbonyl (C=O) groups is 3. The maximum atomic E-state index is 13.5. The number of hydrogen-bond acceptors (Lipinski definition) is 9. The fraction of sp³-hybridized carbons (Fsp3) is 0.796. The Bertz CT molecular complexity index is 1190. The van der Waals surface area contributed by atoms with Crippen LogP contribution in [0.15, 0.2) is 36.4 Å². The van der Waals surface area contributed by atoms with Gasteiger partial charge in [-0.2, -0.15) is 0 Å². The Morgan fingerprint density at radius 3 is 1.35 bits per heavy atom. The molecule has 0 N–H and O–H groups in total. The summed E-state index contributed by atoms with van der Waals surface area (Å²) < 4.78 is 16.6. The molecule has 364 valence electrons. The zero-order chi connectivity index (χ0) is 45.7. The Morgan fingerprint density at radius 1 is 0.540 bits per heavy atom. The molecule has 0 saturated carbocycles. The summed E-state index contributed by atoms with van der Waals surface area (Å²) in [5, 5.41) is 0. The van der Waals surface area contributed by atoms with Gasteiger partial charge in [0, 0.05) is 24.1 Å². The molecule has 0 saturated heterocycles. The number of benzene rings is 1. The van der Waals surface area contributed by atoms with Crippen LogP contribution in [0, 0.1) is 5.92 Å². The van der Waals surface area contributed by atoms with Crippen LogP contribution in [0.2, 0.25) is 0 Å². The van der Waals surface area contributed by atoms with Gasteiger partial charge in [0.2, 0.25) is 0 Å². The van der Waals surface area contributed by atoms with Crippen molar-refractivity contribution in [1.29, 1.82) is 0 Å². The highest BCUT2D eigenvalue weighted by Crippen LogP contribution is 2.24. The van der Waals surface area contributed by atoms with E-state index >= 15 is 0 Å². The summed E-state index contributed by atoms with van der Waals surface area (Å²) in [5.74, 6) is 1.10. The van der Waals surface area contributed by atoms with E-state index in [1.807, 2.05) is 18.2 Å². The van der Waals surface area contributed by atoms with E-state index in [9.17, 15) is 14.4 Å². The smallest absolute Gasteiger partial charge is 0.330 e. The van der Waals surface area contributed by atoms with E-state index in [4.69, 9.17) is 14.2 Å². The third-order valence-corrected chi connectivity index (χ3v) is 14.4. The van der Waals surface area contributed by atoms with Crippen molar-refractivity contribution in [2.24, 2.45) is 5.92 Å². The number of unbranched alkanes of at least 4 members (excludes halogenated alkanes) is 26. The van der Waals surface area contributed by atoms with E-state index in [1.165, 1.54) is 173 Å². The normalized spacial score (nSPS) is 11.6. The average Bonchev–Trinajstić information content (AvgIpc) is 3.28. The van der Waals surface area contributed by atoms with Crippen molar-refractivity contribution in [3.63, 3.8) is 0 Å². The topological polar surface area (TPSA) is 82.1 Å². The van der Waals surface area contributed by atoms with Gasteiger partial charge in [-0.25, -0.2) is 4.79 Å². The Kier molecular flexibility index (Phi) is 42.4. The zero-order valence-electron chi connectivity index (χ0n) is 41.1. The molecule has 0 atom stereocenters. The summed E-state index contributed by atoms with van der Waals surface area (Å²) in [6, 6.07) is 7.31. The molecule has 1 rings (SSSR count). The molecular weight excluding hydrogens is 823 g/mol. The first-order valence-corrected chi connectivity index (χ1v) is 28.7. The third-order valence-electron chi connectivity index (χ3n) is 12.1. The maximum absolute atomic E-state index is 13.5. The molecule has 0 aliphatic rings. The van der Waals surface area contributed by atoms with Crippen molar-refractivity contribution in [1.82, 2.24) is 4.90 Å². The summed E-state index contributed by atoms with van der Waals surface area (Å²) in [5.41, 5.74) is 0.830. The quantitative estimate of drug-likeness (QED) is 0.0209. The van der Waals surface area contributed by atoms with E-state index in [2.05, 4.69) is 32.6 Å². The molecule has 0 unspecified atom stereocenters. The lowest BCUT2D eigenvalue weighted by Crippen LogP contribution is -2.22. The van der Waals surface area contributed by atoms with Crippen molar-refractivity contribution in [3.05, 3.63) is 42.0 Å². The molecule has 1 aromatic carbocycles. The van der Waals surface area contributed by atoms with Gasteiger partial charge in [-0.05, 0) is 43.6 Å². The van der Waals surface area contributed by atoms with E-state index in [1.54, 1.807) is 33.7 Å². The first-order chi connectivity index (χ1) is 30.9. The molecule has 0 aliphatic carbocycles.